The first kappa shape index (κ1) is 16.0. The largest absolute Gasteiger partial charge is 0.445 e. The molecule has 1 aliphatic rings. The van der Waals surface area contributed by atoms with Crippen molar-refractivity contribution < 1.29 is 18.3 Å². The lowest BCUT2D eigenvalue weighted by Gasteiger charge is -2.31. The summed E-state index contributed by atoms with van der Waals surface area (Å²) in [6.45, 7) is 1.60. The molecule has 1 aliphatic heterocycles. The summed E-state index contributed by atoms with van der Waals surface area (Å²) < 4.78 is 24.9. The van der Waals surface area contributed by atoms with Crippen molar-refractivity contribution in [3.05, 3.63) is 35.9 Å². The Morgan fingerprint density at radius 3 is 2.86 bits per heavy atom. The molecular weight excluding hydrogens is 290 g/mol. The highest BCUT2D eigenvalue weighted by Crippen LogP contribution is 2.20. The Hall–Kier alpha value is -1.40. The minimum atomic E-state index is -1.75. The van der Waals surface area contributed by atoms with Crippen molar-refractivity contribution in [1.82, 2.24) is 4.90 Å². The topological polar surface area (TPSA) is 66.8 Å². The summed E-state index contributed by atoms with van der Waals surface area (Å²) in [7, 11) is 0. The molecule has 5 nitrogen and oxygen atoms in total. The Morgan fingerprint density at radius 2 is 2.14 bits per heavy atom. The third-order valence-corrected chi connectivity index (χ3v) is 4.27. The number of benzene rings is 1. The van der Waals surface area contributed by atoms with E-state index in [4.69, 9.17) is 9.29 Å². The van der Waals surface area contributed by atoms with Crippen LogP contribution in [0.15, 0.2) is 30.3 Å². The second kappa shape index (κ2) is 8.14. The van der Waals surface area contributed by atoms with E-state index in [9.17, 15) is 9.00 Å². The van der Waals surface area contributed by atoms with Gasteiger partial charge in [-0.05, 0) is 30.7 Å². The molecule has 2 unspecified atom stereocenters. The van der Waals surface area contributed by atoms with Crippen LogP contribution in [-0.4, -0.2) is 38.6 Å². The lowest BCUT2D eigenvalue weighted by atomic mass is 9.96. The smallest absolute Gasteiger partial charge is 0.410 e. The quantitative estimate of drug-likeness (QED) is 0.849. The minimum Gasteiger partial charge on any atom is -0.445 e. The molecule has 2 atom stereocenters. The van der Waals surface area contributed by atoms with Gasteiger partial charge in [-0.2, -0.15) is 0 Å². The SMILES string of the molecule is O=C(OCc1ccccc1)N1CCCC(CCS(=O)O)C1. The summed E-state index contributed by atoms with van der Waals surface area (Å²) in [6, 6.07) is 9.58. The molecule has 2 rings (SSSR count). The second-order valence-corrected chi connectivity index (χ2v) is 6.36. The van der Waals surface area contributed by atoms with Gasteiger partial charge in [0.1, 0.15) is 6.61 Å². The molecule has 1 heterocycles. The van der Waals surface area contributed by atoms with Crippen LogP contribution in [0.25, 0.3) is 0 Å². The molecule has 1 aromatic rings. The zero-order valence-electron chi connectivity index (χ0n) is 11.9. The van der Waals surface area contributed by atoms with Gasteiger partial charge in [0.05, 0.1) is 0 Å². The van der Waals surface area contributed by atoms with Gasteiger partial charge in [0.2, 0.25) is 0 Å². The Morgan fingerprint density at radius 1 is 1.38 bits per heavy atom. The van der Waals surface area contributed by atoms with Crippen LogP contribution in [-0.2, 0) is 22.4 Å². The normalized spacial score (nSPS) is 20.0. The number of nitrogens with zero attached hydrogens (tertiary/aromatic N) is 1. The van der Waals surface area contributed by atoms with Gasteiger partial charge in [-0.3, -0.25) is 0 Å². The molecule has 1 amide bonds. The van der Waals surface area contributed by atoms with Gasteiger partial charge in [-0.25, -0.2) is 9.00 Å². The van der Waals surface area contributed by atoms with E-state index < -0.39 is 11.1 Å². The predicted octanol–water partition coefficient (Wildman–Crippen LogP) is 2.65. The molecule has 0 saturated carbocycles. The number of carbonyl (C=O) groups is 1. The van der Waals surface area contributed by atoms with Crippen molar-refractivity contribution in [2.24, 2.45) is 5.92 Å². The number of rotatable bonds is 5. The average molecular weight is 311 g/mol. The standard InChI is InChI=1S/C15H21NO4S/c17-15(20-12-14-5-2-1-3-6-14)16-9-4-7-13(11-16)8-10-21(18)19/h1-3,5-6,13H,4,7-12H2,(H,18,19). The number of likely N-dealkylation sites (tertiary alicyclic amines) is 1. The molecule has 1 saturated heterocycles. The third kappa shape index (κ3) is 5.47. The van der Waals surface area contributed by atoms with E-state index in [1.807, 2.05) is 30.3 Å². The number of carbonyl (C=O) groups excluding carboxylic acids is 1. The molecule has 0 aliphatic carbocycles. The molecule has 6 heteroatoms. The van der Waals surface area contributed by atoms with Gasteiger partial charge < -0.3 is 14.2 Å². The van der Waals surface area contributed by atoms with E-state index in [0.717, 1.165) is 18.4 Å². The maximum atomic E-state index is 12.0. The first-order chi connectivity index (χ1) is 10.1. The molecule has 1 aromatic carbocycles. The summed E-state index contributed by atoms with van der Waals surface area (Å²) in [4.78, 5) is 13.8. The summed E-state index contributed by atoms with van der Waals surface area (Å²) in [5.41, 5.74) is 0.968. The molecule has 1 N–H and O–H groups in total. The highest BCUT2D eigenvalue weighted by atomic mass is 32.2. The first-order valence-corrected chi connectivity index (χ1v) is 8.46. The van der Waals surface area contributed by atoms with Crippen LogP contribution in [0.5, 0.6) is 0 Å². The lowest BCUT2D eigenvalue weighted by molar-refractivity contribution is 0.0787. The predicted molar refractivity (Wildman–Crippen MR) is 81.2 cm³/mol. The summed E-state index contributed by atoms with van der Waals surface area (Å²) in [5, 5.41) is 0. The minimum absolute atomic E-state index is 0.275. The van der Waals surface area contributed by atoms with Crippen LogP contribution in [0.4, 0.5) is 4.79 Å². The molecule has 1 fully saturated rings. The third-order valence-electron chi connectivity index (χ3n) is 3.68. The number of hydrogen-bond acceptors (Lipinski definition) is 3. The number of amides is 1. The number of ether oxygens (including phenoxy) is 1. The highest BCUT2D eigenvalue weighted by Gasteiger charge is 2.24. The fourth-order valence-electron chi connectivity index (χ4n) is 2.54. The maximum Gasteiger partial charge on any atom is 0.410 e. The Labute approximate surface area is 127 Å². The van der Waals surface area contributed by atoms with Crippen LogP contribution < -0.4 is 0 Å². The molecule has 0 radical (unpaired) electrons. The van der Waals surface area contributed by atoms with Gasteiger partial charge in [-0.1, -0.05) is 30.3 Å². The van der Waals surface area contributed by atoms with E-state index in [1.165, 1.54) is 0 Å². The van der Waals surface area contributed by atoms with Gasteiger partial charge in [0, 0.05) is 18.8 Å². The Balaban J connectivity index is 1.77. The van der Waals surface area contributed by atoms with E-state index in [1.54, 1.807) is 4.90 Å². The van der Waals surface area contributed by atoms with Gasteiger partial charge in [0.25, 0.3) is 0 Å². The van der Waals surface area contributed by atoms with Crippen LogP contribution in [0.3, 0.4) is 0 Å². The molecule has 0 bridgehead atoms. The fourth-order valence-corrected chi connectivity index (χ4v) is 3.08. The maximum absolute atomic E-state index is 12.0. The second-order valence-electron chi connectivity index (χ2n) is 5.31. The van der Waals surface area contributed by atoms with Gasteiger partial charge in [-0.15, -0.1) is 0 Å². The van der Waals surface area contributed by atoms with E-state index in [-0.39, 0.29) is 18.5 Å². The van der Waals surface area contributed by atoms with Crippen molar-refractivity contribution in [3.8, 4) is 0 Å². The molecule has 21 heavy (non-hydrogen) atoms. The van der Waals surface area contributed by atoms with Crippen molar-refractivity contribution in [3.63, 3.8) is 0 Å². The molecule has 116 valence electrons. The molecular formula is C15H21NO4S. The average Bonchev–Trinajstić information content (AvgIpc) is 2.52. The van der Waals surface area contributed by atoms with Crippen molar-refractivity contribution >= 4 is 17.2 Å². The molecule has 0 spiro atoms. The number of piperidine rings is 1. The van der Waals surface area contributed by atoms with Crippen LogP contribution >= 0.6 is 0 Å². The Bertz CT molecular complexity index is 480. The van der Waals surface area contributed by atoms with Crippen LogP contribution in [0, 0.1) is 5.92 Å². The van der Waals surface area contributed by atoms with Crippen molar-refractivity contribution in [1.29, 1.82) is 0 Å². The Kier molecular flexibility index (Phi) is 6.20. The summed E-state index contributed by atoms with van der Waals surface area (Å²) >= 11 is -1.75. The van der Waals surface area contributed by atoms with E-state index >= 15 is 0 Å². The molecule has 0 aromatic heterocycles. The highest BCUT2D eigenvalue weighted by molar-refractivity contribution is 7.79. The van der Waals surface area contributed by atoms with Crippen LogP contribution in [0.1, 0.15) is 24.8 Å². The monoisotopic (exact) mass is 311 g/mol. The van der Waals surface area contributed by atoms with Crippen LogP contribution in [0.2, 0.25) is 0 Å². The summed E-state index contributed by atoms with van der Waals surface area (Å²) in [5.74, 6) is 0.566. The van der Waals surface area contributed by atoms with Crippen molar-refractivity contribution in [2.45, 2.75) is 25.9 Å². The first-order valence-electron chi connectivity index (χ1n) is 7.18. The van der Waals surface area contributed by atoms with E-state index in [2.05, 4.69) is 0 Å². The number of hydrogen-bond donors (Lipinski definition) is 1. The van der Waals surface area contributed by atoms with Gasteiger partial charge in [0.15, 0.2) is 11.1 Å². The summed E-state index contributed by atoms with van der Waals surface area (Å²) in [6.07, 6.45) is 2.29. The zero-order valence-corrected chi connectivity index (χ0v) is 12.8. The fraction of sp³-hybridized carbons (Fsp3) is 0.533. The zero-order chi connectivity index (χ0) is 15.1. The lowest BCUT2D eigenvalue weighted by Crippen LogP contribution is -2.40. The van der Waals surface area contributed by atoms with E-state index in [0.29, 0.717) is 25.4 Å². The van der Waals surface area contributed by atoms with Crippen molar-refractivity contribution in [2.75, 3.05) is 18.8 Å². The van der Waals surface area contributed by atoms with Gasteiger partial charge >= 0.3 is 6.09 Å².